The van der Waals surface area contributed by atoms with Gasteiger partial charge in [0.2, 0.25) is 0 Å². The van der Waals surface area contributed by atoms with Gasteiger partial charge in [-0.1, -0.05) is 179 Å². The highest BCUT2D eigenvalue weighted by atomic mass is 14.3. The van der Waals surface area contributed by atoms with Crippen molar-refractivity contribution < 1.29 is 0 Å². The molecule has 0 saturated heterocycles. The van der Waals surface area contributed by atoms with Gasteiger partial charge in [-0.3, -0.25) is 0 Å². The van der Waals surface area contributed by atoms with Crippen molar-refractivity contribution >= 4 is 0 Å². The summed E-state index contributed by atoms with van der Waals surface area (Å²) in [7, 11) is 0. The fourth-order valence-corrected chi connectivity index (χ4v) is 16.3. The van der Waals surface area contributed by atoms with E-state index in [0.717, 1.165) is 0 Å². The van der Waals surface area contributed by atoms with Crippen molar-refractivity contribution in [3.8, 4) is 134 Å². The Hall–Kier alpha value is -10.9. The van der Waals surface area contributed by atoms with Gasteiger partial charge >= 0.3 is 0 Å². The largest absolute Gasteiger partial charge is 0.0683 e. The Labute approximate surface area is 674 Å². The molecule has 0 heterocycles. The first-order valence-corrected chi connectivity index (χ1v) is 40.8. The smallest absolute Gasteiger partial charge is 0.00755 e. The Balaban J connectivity index is 0.000000212. The van der Waals surface area contributed by atoms with Gasteiger partial charge in [0, 0.05) is 0 Å². The minimum Gasteiger partial charge on any atom is -0.0683 e. The summed E-state index contributed by atoms with van der Waals surface area (Å²) in [5.74, 6) is 0. The molecule has 0 aromatic heterocycles. The third kappa shape index (κ3) is 17.0. The maximum absolute atomic E-state index is 2.45. The molecule has 0 unspecified atom stereocenters. The van der Waals surface area contributed by atoms with Gasteiger partial charge in [0.1, 0.15) is 0 Å². The SMILES string of the molecule is CC.CC.Cc1cc(-c2cc(-c3cc(-c4ccccc4)cc(-c4cc(-c5cc(C)c(C)c(C)c5)c(C)c(-c5cc(C)c(C)c(C)c5)c4)c3)cc(C)c2C)cc(C)c1C.Cc1cc(-c2cc(-c3cc(-c4ccccc4)cc(-c4cc(C)c(-c5cc(C)c(C)c(C)c5)c(-c5cc(C)c(C)c(C)c5)c4)c3)cc(C)c2C)cc(C)c1C. The van der Waals surface area contributed by atoms with Crippen molar-refractivity contribution in [3.05, 3.63) is 352 Å². The van der Waals surface area contributed by atoms with Crippen LogP contribution in [-0.4, -0.2) is 0 Å². The summed E-state index contributed by atoms with van der Waals surface area (Å²) in [5, 5.41) is 0. The Bertz CT molecular complexity index is 5700. The van der Waals surface area contributed by atoms with Crippen LogP contribution in [0.4, 0.5) is 0 Å². The van der Waals surface area contributed by atoms with E-state index in [9.17, 15) is 0 Å². The Morgan fingerprint density at radius 3 is 0.527 bits per heavy atom. The summed E-state index contributed by atoms with van der Waals surface area (Å²) in [6.07, 6.45) is 0. The summed E-state index contributed by atoms with van der Waals surface area (Å²) < 4.78 is 0. The van der Waals surface area contributed by atoms with Gasteiger partial charge in [0.15, 0.2) is 0 Å². The summed E-state index contributed by atoms with van der Waals surface area (Å²) in [6.45, 7) is 61.9. The third-order valence-electron chi connectivity index (χ3n) is 24.9. The molecule has 14 aromatic rings. The fraction of sp³-hybridized carbons (Fsp3) is 0.250. The van der Waals surface area contributed by atoms with Crippen molar-refractivity contribution in [1.29, 1.82) is 0 Å². The standard InChI is InChI=1S/2C54H54.2C2H6/c1-31-19-49(20-32(2)38(31)8)52-28-44(18-37(7)41(52)11)46-25-45(43-16-14-13-15-17-43)26-47(27-46)48-29-53(50-21-33(3)39(9)34(4)22-50)42(12)54(30-48)51-23-35(5)40(10)36(6)24-51;1-31-19-49(20-32(2)39(31)9)52-29-44(18-37(7)42(52)12)47-26-46(43-16-14-13-15-17-43)27-48(28-47)45-25-38(8)54(51-23-35(5)41(11)36(6)24-51)53(30-45)50-21-33(3)40(10)34(4)22-50;2*1-2/h2*13-30H,1-12H3;2*1-2H3. The van der Waals surface area contributed by atoms with E-state index in [4.69, 9.17) is 0 Å². The fourth-order valence-electron chi connectivity index (χ4n) is 16.3. The summed E-state index contributed by atoms with van der Waals surface area (Å²) in [6, 6.07) is 83.9. The quantitative estimate of drug-likeness (QED) is 0.114. The zero-order chi connectivity index (χ0) is 81.2. The normalized spacial score (nSPS) is 11.0. The maximum Gasteiger partial charge on any atom is -0.00755 e. The summed E-state index contributed by atoms with van der Waals surface area (Å²) in [5.41, 5.74) is 62.2. The van der Waals surface area contributed by atoms with Gasteiger partial charge in [-0.2, -0.15) is 0 Å². The van der Waals surface area contributed by atoms with E-state index in [1.165, 1.54) is 267 Å². The number of aryl methyl sites for hydroxylation is 15. The highest BCUT2D eigenvalue weighted by Crippen LogP contribution is 2.46. The average Bonchev–Trinajstić information content (AvgIpc) is 0.803. The molecular formula is C112H120. The first-order chi connectivity index (χ1) is 53.4. The Morgan fingerprint density at radius 2 is 0.277 bits per heavy atom. The molecule has 0 aliphatic carbocycles. The monoisotopic (exact) mass is 1460 g/mol. The van der Waals surface area contributed by atoms with Gasteiger partial charge in [0.25, 0.3) is 0 Å². The van der Waals surface area contributed by atoms with E-state index in [1.807, 2.05) is 27.7 Å². The van der Waals surface area contributed by atoms with Crippen LogP contribution in [0.15, 0.2) is 218 Å². The van der Waals surface area contributed by atoms with Crippen molar-refractivity contribution in [2.24, 2.45) is 0 Å². The van der Waals surface area contributed by atoms with Gasteiger partial charge in [-0.15, -0.1) is 0 Å². The van der Waals surface area contributed by atoms with Crippen molar-refractivity contribution in [3.63, 3.8) is 0 Å². The lowest BCUT2D eigenvalue weighted by atomic mass is 9.84. The van der Waals surface area contributed by atoms with E-state index < -0.39 is 0 Å². The second-order valence-electron chi connectivity index (χ2n) is 32.1. The van der Waals surface area contributed by atoms with Crippen LogP contribution in [0.2, 0.25) is 0 Å². The van der Waals surface area contributed by atoms with Crippen LogP contribution in [-0.2, 0) is 0 Å². The number of benzene rings is 14. The lowest BCUT2D eigenvalue weighted by Gasteiger charge is -2.20. The highest BCUT2D eigenvalue weighted by Gasteiger charge is 2.22. The Morgan fingerprint density at radius 1 is 0.116 bits per heavy atom. The molecule has 0 atom stereocenters. The van der Waals surface area contributed by atoms with Gasteiger partial charge in [-0.05, 0) is 500 Å². The molecule has 0 aliphatic rings. The zero-order valence-electron chi connectivity index (χ0n) is 72.8. The van der Waals surface area contributed by atoms with Crippen LogP contribution >= 0.6 is 0 Å². The Kier molecular flexibility index (Phi) is 25.2. The molecule has 112 heavy (non-hydrogen) atoms. The van der Waals surface area contributed by atoms with E-state index in [-0.39, 0.29) is 0 Å². The minimum atomic E-state index is 1.22. The molecule has 0 N–H and O–H groups in total. The first-order valence-electron chi connectivity index (χ1n) is 40.8. The van der Waals surface area contributed by atoms with Gasteiger partial charge in [-0.25, -0.2) is 0 Å². The molecule has 0 amide bonds. The first kappa shape index (κ1) is 82.1. The molecule has 0 aliphatic heterocycles. The number of hydrogen-bond donors (Lipinski definition) is 0. The molecule has 0 nitrogen and oxygen atoms in total. The van der Waals surface area contributed by atoms with Gasteiger partial charge < -0.3 is 0 Å². The topological polar surface area (TPSA) is 0 Å². The molecular weight excluding hydrogens is 1350 g/mol. The van der Waals surface area contributed by atoms with E-state index >= 15 is 0 Å². The highest BCUT2D eigenvalue weighted by molar-refractivity contribution is 5.94. The van der Waals surface area contributed by atoms with Crippen molar-refractivity contribution in [2.75, 3.05) is 0 Å². The molecule has 0 heteroatoms. The van der Waals surface area contributed by atoms with E-state index in [1.54, 1.807) is 0 Å². The second kappa shape index (κ2) is 34.4. The van der Waals surface area contributed by atoms with Crippen LogP contribution < -0.4 is 0 Å². The number of hydrogen-bond acceptors (Lipinski definition) is 0. The van der Waals surface area contributed by atoms with Crippen LogP contribution in [0.25, 0.3) is 134 Å². The van der Waals surface area contributed by atoms with Crippen LogP contribution in [0, 0.1) is 166 Å². The molecule has 0 bridgehead atoms. The third-order valence-corrected chi connectivity index (χ3v) is 24.9. The van der Waals surface area contributed by atoms with Crippen LogP contribution in [0.3, 0.4) is 0 Å². The lowest BCUT2D eigenvalue weighted by Crippen LogP contribution is -1.97. The molecule has 568 valence electrons. The molecule has 14 rings (SSSR count). The minimum absolute atomic E-state index is 1.22. The average molecular weight is 1470 g/mol. The predicted molar refractivity (Wildman–Crippen MR) is 495 cm³/mol. The molecule has 14 aromatic carbocycles. The summed E-state index contributed by atoms with van der Waals surface area (Å²) >= 11 is 0. The van der Waals surface area contributed by atoms with Crippen molar-refractivity contribution in [1.82, 2.24) is 0 Å². The molecule has 0 spiro atoms. The summed E-state index contributed by atoms with van der Waals surface area (Å²) in [4.78, 5) is 0. The van der Waals surface area contributed by atoms with Gasteiger partial charge in [0.05, 0.1) is 0 Å². The van der Waals surface area contributed by atoms with E-state index in [0.29, 0.717) is 0 Å². The van der Waals surface area contributed by atoms with Crippen molar-refractivity contribution in [2.45, 2.75) is 194 Å². The second-order valence-corrected chi connectivity index (χ2v) is 32.1. The molecule has 0 fully saturated rings. The van der Waals surface area contributed by atoms with Crippen LogP contribution in [0.1, 0.15) is 161 Å². The maximum atomic E-state index is 2.45. The number of rotatable bonds is 12. The van der Waals surface area contributed by atoms with Crippen LogP contribution in [0.5, 0.6) is 0 Å². The molecule has 0 saturated carbocycles. The zero-order valence-corrected chi connectivity index (χ0v) is 72.8. The lowest BCUT2D eigenvalue weighted by molar-refractivity contribution is 1.26. The predicted octanol–water partition coefficient (Wildman–Crippen LogP) is 32.8. The van der Waals surface area contributed by atoms with E-state index in [2.05, 4.69) is 385 Å². The molecule has 0 radical (unpaired) electrons.